The highest BCUT2D eigenvalue weighted by Crippen LogP contribution is 2.36. The van der Waals surface area contributed by atoms with Crippen LogP contribution in [0.15, 0.2) is 72.8 Å². The minimum atomic E-state index is -1.39. The summed E-state index contributed by atoms with van der Waals surface area (Å²) >= 11 is 2.87. The number of hydrogen-bond acceptors (Lipinski definition) is 9. The molecule has 2 N–H and O–H groups in total. The third-order valence-corrected chi connectivity index (χ3v) is 9.06. The molecule has 9 nitrogen and oxygen atoms in total. The number of carbonyl (C=O) groups excluding carboxylic acids is 1. The van der Waals surface area contributed by atoms with E-state index in [-0.39, 0.29) is 11.8 Å². The molecule has 0 spiro atoms. The van der Waals surface area contributed by atoms with Gasteiger partial charge in [-0.05, 0) is 67.1 Å². The molecule has 0 aliphatic carbocycles. The Morgan fingerprint density at radius 2 is 1.79 bits per heavy atom. The lowest BCUT2D eigenvalue weighted by atomic mass is 9.94. The Labute approximate surface area is 250 Å². The van der Waals surface area contributed by atoms with Gasteiger partial charge in [0.25, 0.3) is 5.91 Å². The van der Waals surface area contributed by atoms with Gasteiger partial charge in [0.05, 0.1) is 21.7 Å². The largest absolute Gasteiger partial charge is 0.512 e. The van der Waals surface area contributed by atoms with E-state index in [9.17, 15) is 14.7 Å². The average Bonchev–Trinajstić information content (AvgIpc) is 3.59. The summed E-state index contributed by atoms with van der Waals surface area (Å²) in [5.74, 6) is 0.741. The number of thiazole rings is 2. The van der Waals surface area contributed by atoms with Crippen LogP contribution in [0.4, 0.5) is 15.1 Å². The number of carbonyl (C=O) groups is 2. The first kappa shape index (κ1) is 27.7. The minimum absolute atomic E-state index is 0.124. The molecule has 1 aliphatic rings. The molecule has 3 aromatic carbocycles. The van der Waals surface area contributed by atoms with Gasteiger partial charge >= 0.3 is 6.16 Å². The lowest BCUT2D eigenvalue weighted by molar-refractivity contribution is 0.102. The van der Waals surface area contributed by atoms with Gasteiger partial charge in [0.2, 0.25) is 5.88 Å². The highest BCUT2D eigenvalue weighted by molar-refractivity contribution is 7.22. The van der Waals surface area contributed by atoms with E-state index in [0.717, 1.165) is 51.2 Å². The Morgan fingerprint density at radius 1 is 0.952 bits per heavy atom. The van der Waals surface area contributed by atoms with Crippen LogP contribution in [0.2, 0.25) is 0 Å². The fraction of sp³-hybridized carbons (Fsp3) is 0.226. The van der Waals surface area contributed by atoms with Gasteiger partial charge in [-0.1, -0.05) is 65.1 Å². The van der Waals surface area contributed by atoms with E-state index in [1.165, 1.54) is 22.7 Å². The summed E-state index contributed by atoms with van der Waals surface area (Å²) in [5.41, 5.74) is 3.48. The highest BCUT2D eigenvalue weighted by Gasteiger charge is 2.26. The number of para-hydroxylation sites is 2. The van der Waals surface area contributed by atoms with Gasteiger partial charge in [-0.25, -0.2) is 9.78 Å². The number of aryl methyl sites for hydroxylation is 1. The number of aromatic nitrogens is 2. The number of ether oxygens (including phenoxy) is 2. The third kappa shape index (κ3) is 6.37. The zero-order valence-electron chi connectivity index (χ0n) is 22.6. The van der Waals surface area contributed by atoms with E-state index in [4.69, 9.17) is 9.47 Å². The monoisotopic (exact) mass is 600 g/mol. The highest BCUT2D eigenvalue weighted by atomic mass is 32.1. The van der Waals surface area contributed by atoms with Crippen LogP contribution >= 0.6 is 22.7 Å². The van der Waals surface area contributed by atoms with Crippen LogP contribution in [-0.4, -0.2) is 40.3 Å². The topological polar surface area (TPSA) is 114 Å². The maximum Gasteiger partial charge on any atom is 0.512 e. The van der Waals surface area contributed by atoms with Gasteiger partial charge in [-0.3, -0.25) is 10.1 Å². The van der Waals surface area contributed by atoms with Crippen molar-refractivity contribution < 1.29 is 24.2 Å². The van der Waals surface area contributed by atoms with Crippen molar-refractivity contribution in [1.82, 2.24) is 9.97 Å². The molecular weight excluding hydrogens is 572 g/mol. The second-order valence-corrected chi connectivity index (χ2v) is 11.9. The number of unbranched alkanes of at least 4 members (excludes halogenated alkanes) is 1. The lowest BCUT2D eigenvalue weighted by Gasteiger charge is -2.29. The van der Waals surface area contributed by atoms with Crippen molar-refractivity contribution in [2.75, 3.05) is 23.4 Å². The van der Waals surface area contributed by atoms with Gasteiger partial charge in [0, 0.05) is 18.7 Å². The predicted molar refractivity (Wildman–Crippen MR) is 164 cm³/mol. The number of nitrogens with one attached hydrogen (secondary N) is 1. The number of nitrogens with zero attached hydrogens (tertiary/aromatic N) is 3. The van der Waals surface area contributed by atoms with E-state index in [1.807, 2.05) is 72.8 Å². The first-order valence-corrected chi connectivity index (χ1v) is 15.3. The summed E-state index contributed by atoms with van der Waals surface area (Å²) in [6.07, 6.45) is 1.57. The van der Waals surface area contributed by atoms with Crippen LogP contribution < -0.4 is 19.7 Å². The molecule has 1 aliphatic heterocycles. The normalized spacial score (nSPS) is 12.6. The average molecular weight is 601 g/mol. The molecule has 0 saturated heterocycles. The zero-order valence-corrected chi connectivity index (χ0v) is 24.2. The molecule has 6 rings (SSSR count). The molecule has 0 bridgehead atoms. The van der Waals surface area contributed by atoms with Crippen LogP contribution in [-0.2, 0) is 19.4 Å². The number of anilines is 2. The van der Waals surface area contributed by atoms with E-state index in [2.05, 4.69) is 20.2 Å². The van der Waals surface area contributed by atoms with Gasteiger partial charge in [-0.15, -0.1) is 0 Å². The number of fused-ring (bicyclic) bond motifs is 2. The molecule has 0 atom stereocenters. The first-order valence-electron chi connectivity index (χ1n) is 13.6. The Bertz CT molecular complexity index is 1690. The maximum atomic E-state index is 13.4. The van der Waals surface area contributed by atoms with Crippen molar-refractivity contribution >= 4 is 55.2 Å². The SMILES string of the molecule is O=C(O)Oc1nc(N2CCc3cccc(C(=O)Nc4nc5ccccc5s4)c3C2)sc1CCCCOc1ccccc1. The van der Waals surface area contributed by atoms with E-state index < -0.39 is 6.16 Å². The molecule has 0 fully saturated rings. The predicted octanol–water partition coefficient (Wildman–Crippen LogP) is 7.03. The van der Waals surface area contributed by atoms with Crippen molar-refractivity contribution in [2.24, 2.45) is 0 Å². The zero-order chi connectivity index (χ0) is 28.9. The summed E-state index contributed by atoms with van der Waals surface area (Å²) in [5, 5.41) is 13.5. The van der Waals surface area contributed by atoms with Crippen molar-refractivity contribution in [2.45, 2.75) is 32.2 Å². The summed E-state index contributed by atoms with van der Waals surface area (Å²) in [4.78, 5) is 36.7. The fourth-order valence-corrected chi connectivity index (χ4v) is 6.84. The van der Waals surface area contributed by atoms with E-state index >= 15 is 0 Å². The molecule has 11 heteroatoms. The number of benzene rings is 3. The molecule has 5 aromatic rings. The Balaban J connectivity index is 1.15. The Morgan fingerprint density at radius 3 is 2.62 bits per heavy atom. The number of rotatable bonds is 10. The minimum Gasteiger partial charge on any atom is -0.494 e. The van der Waals surface area contributed by atoms with Crippen LogP contribution in [0.5, 0.6) is 11.6 Å². The number of amides is 1. The summed E-state index contributed by atoms with van der Waals surface area (Å²) in [6, 6.07) is 23.2. The summed E-state index contributed by atoms with van der Waals surface area (Å²) in [7, 11) is 0. The second-order valence-electron chi connectivity index (χ2n) is 9.77. The van der Waals surface area contributed by atoms with Gasteiger partial charge in [0.15, 0.2) is 10.3 Å². The van der Waals surface area contributed by atoms with Crippen molar-refractivity contribution in [3.8, 4) is 11.6 Å². The van der Waals surface area contributed by atoms with Crippen molar-refractivity contribution in [3.63, 3.8) is 0 Å². The van der Waals surface area contributed by atoms with Gasteiger partial charge < -0.3 is 19.5 Å². The quantitative estimate of drug-likeness (QED) is 0.130. The van der Waals surface area contributed by atoms with E-state index in [0.29, 0.717) is 41.9 Å². The second kappa shape index (κ2) is 12.6. The summed E-state index contributed by atoms with van der Waals surface area (Å²) in [6.45, 7) is 1.74. The molecule has 3 heterocycles. The molecule has 0 unspecified atom stereocenters. The van der Waals surface area contributed by atoms with E-state index in [1.54, 1.807) is 0 Å². The van der Waals surface area contributed by atoms with Crippen LogP contribution in [0.3, 0.4) is 0 Å². The van der Waals surface area contributed by atoms with Gasteiger partial charge in [-0.2, -0.15) is 4.98 Å². The number of hydrogen-bond donors (Lipinski definition) is 2. The molecule has 2 aromatic heterocycles. The molecule has 0 radical (unpaired) electrons. The van der Waals surface area contributed by atoms with Crippen molar-refractivity contribution in [3.05, 3.63) is 94.4 Å². The van der Waals surface area contributed by atoms with Gasteiger partial charge in [0.1, 0.15) is 5.75 Å². The summed E-state index contributed by atoms with van der Waals surface area (Å²) < 4.78 is 11.8. The lowest BCUT2D eigenvalue weighted by Crippen LogP contribution is -2.32. The number of carboxylic acid groups (broad SMARTS) is 1. The van der Waals surface area contributed by atoms with Crippen LogP contribution in [0, 0.1) is 0 Å². The maximum absolute atomic E-state index is 13.4. The molecule has 0 saturated carbocycles. The third-order valence-electron chi connectivity index (χ3n) is 6.95. The molecule has 1 amide bonds. The molecule has 214 valence electrons. The first-order chi connectivity index (χ1) is 20.5. The molecule has 42 heavy (non-hydrogen) atoms. The molecular formula is C31H28N4O5S2. The van der Waals surface area contributed by atoms with Crippen LogP contribution in [0.1, 0.15) is 39.2 Å². The Hall–Kier alpha value is -4.48. The Kier molecular flexibility index (Phi) is 8.29. The standard InChI is InChI=1S/C31H28N4O5S2/c36-27(33-29-32-24-13-4-5-14-25(24)41-29)22-12-8-9-20-16-17-35(19-23(20)22)30-34-28(40-31(37)38)26(42-30)15-6-7-18-39-21-10-2-1-3-11-21/h1-5,8-14H,6-7,15-19H2,(H,37,38)(H,32,33,36). The smallest absolute Gasteiger partial charge is 0.494 e. The fourth-order valence-electron chi connectivity index (χ4n) is 4.92. The van der Waals surface area contributed by atoms with Crippen LogP contribution in [0.25, 0.3) is 10.2 Å². The van der Waals surface area contributed by atoms with Crippen molar-refractivity contribution in [1.29, 1.82) is 0 Å².